The Morgan fingerprint density at radius 1 is 0.941 bits per heavy atom. The summed E-state index contributed by atoms with van der Waals surface area (Å²) >= 11 is 0. The second-order valence-electron chi connectivity index (χ2n) is 7.63. The topological polar surface area (TPSA) is 179 Å². The lowest BCUT2D eigenvalue weighted by atomic mass is 9.90. The van der Waals surface area contributed by atoms with Crippen LogP contribution in [0.25, 0.3) is 0 Å². The van der Waals surface area contributed by atoms with Crippen LogP contribution in [0.4, 0.5) is 0 Å². The molecule has 3 atom stereocenters. The van der Waals surface area contributed by atoms with Gasteiger partial charge in [-0.1, -0.05) is 48.5 Å². The number of esters is 1. The Morgan fingerprint density at radius 3 is 2.03 bits per heavy atom. The van der Waals surface area contributed by atoms with Crippen molar-refractivity contribution in [2.45, 2.75) is 37.4 Å². The molecule has 0 aliphatic carbocycles. The van der Waals surface area contributed by atoms with Crippen LogP contribution in [0.5, 0.6) is 0 Å². The van der Waals surface area contributed by atoms with Gasteiger partial charge in [0.05, 0.1) is 13.2 Å². The molecule has 0 heterocycles. The van der Waals surface area contributed by atoms with Crippen molar-refractivity contribution in [1.29, 1.82) is 0 Å². The molecule has 6 N–H and O–H groups in total. The van der Waals surface area contributed by atoms with Crippen molar-refractivity contribution < 1.29 is 33.8 Å². The van der Waals surface area contributed by atoms with E-state index in [0.29, 0.717) is 17.5 Å². The number of carboxylic acids is 1. The summed E-state index contributed by atoms with van der Waals surface area (Å²) in [6, 6.07) is 9.39. The predicted octanol–water partition coefficient (Wildman–Crippen LogP) is 0.254. The number of benzene rings is 2. The molecule has 0 aliphatic heterocycles. The lowest BCUT2D eigenvalue weighted by Gasteiger charge is -2.19. The van der Waals surface area contributed by atoms with Crippen LogP contribution in [0.15, 0.2) is 48.5 Å². The highest BCUT2D eigenvalue weighted by Gasteiger charge is 2.27. The molecule has 0 saturated carbocycles. The number of amides is 1. The zero-order valence-corrected chi connectivity index (χ0v) is 18.6. The number of hydrogen-bond donors (Lipinski definition) is 4. The highest BCUT2D eigenvalue weighted by Crippen LogP contribution is 2.18. The molecule has 3 unspecified atom stereocenters. The van der Waals surface area contributed by atoms with Crippen LogP contribution < -0.4 is 16.8 Å². The zero-order valence-electron chi connectivity index (χ0n) is 18.6. The van der Waals surface area contributed by atoms with Gasteiger partial charge in [-0.15, -0.1) is 0 Å². The van der Waals surface area contributed by atoms with Gasteiger partial charge >= 0.3 is 11.9 Å². The average molecular weight is 469 g/mol. The molecule has 10 nitrogen and oxygen atoms in total. The van der Waals surface area contributed by atoms with E-state index in [2.05, 4.69) is 10.1 Å². The number of aliphatic carboxylic acids is 1. The molecule has 0 spiro atoms. The number of carbonyl (C=O) groups excluding carboxylic acids is 4. The van der Waals surface area contributed by atoms with Gasteiger partial charge in [-0.2, -0.15) is 0 Å². The number of rotatable bonds is 13. The average Bonchev–Trinajstić information content (AvgIpc) is 2.83. The van der Waals surface area contributed by atoms with Crippen molar-refractivity contribution in [2.75, 3.05) is 7.11 Å². The van der Waals surface area contributed by atoms with Gasteiger partial charge in [-0.25, -0.2) is 0 Å². The lowest BCUT2D eigenvalue weighted by Crippen LogP contribution is -2.39. The standard InChI is InChI=1S/C24H27N3O7/c1-34-24(33)19(26)11-15-7-3-5-9-17(15)22(30)20(27-13-28)12-21(29)16-8-4-2-6-14(16)10-18(25)23(31)32/h2-9,13,18-20H,10-12,25-26H2,1H3,(H,27,28)(H,31,32). The van der Waals surface area contributed by atoms with Crippen LogP contribution in [0, 0.1) is 0 Å². The first-order valence-corrected chi connectivity index (χ1v) is 10.4. The minimum atomic E-state index is -1.21. The number of carboxylic acid groups (broad SMARTS) is 1. The Morgan fingerprint density at radius 2 is 1.47 bits per heavy atom. The quantitative estimate of drug-likeness (QED) is 0.182. The molecule has 1 amide bonds. The molecule has 0 aromatic heterocycles. The van der Waals surface area contributed by atoms with E-state index in [1.807, 2.05) is 0 Å². The summed E-state index contributed by atoms with van der Waals surface area (Å²) in [5, 5.41) is 11.5. The Labute approximate surface area is 196 Å². The van der Waals surface area contributed by atoms with Crippen LogP contribution in [-0.2, 0) is 32.0 Å². The Balaban J connectivity index is 2.29. The highest BCUT2D eigenvalue weighted by molar-refractivity contribution is 6.07. The van der Waals surface area contributed by atoms with E-state index in [1.54, 1.807) is 36.4 Å². The summed E-state index contributed by atoms with van der Waals surface area (Å²) in [6.07, 6.45) is -0.101. The molecule has 0 radical (unpaired) electrons. The minimum Gasteiger partial charge on any atom is -0.480 e. The first kappa shape index (κ1) is 26.4. The number of ketones is 2. The largest absolute Gasteiger partial charge is 0.480 e. The Bertz CT molecular complexity index is 1070. The lowest BCUT2D eigenvalue weighted by molar-refractivity contribution is -0.142. The van der Waals surface area contributed by atoms with E-state index >= 15 is 0 Å². The first-order valence-electron chi connectivity index (χ1n) is 10.4. The zero-order chi connectivity index (χ0) is 25.3. The van der Waals surface area contributed by atoms with E-state index in [4.69, 9.17) is 16.6 Å². The fourth-order valence-corrected chi connectivity index (χ4v) is 3.50. The van der Waals surface area contributed by atoms with E-state index in [9.17, 15) is 24.0 Å². The van der Waals surface area contributed by atoms with Crippen LogP contribution in [-0.4, -0.2) is 60.3 Å². The third-order valence-corrected chi connectivity index (χ3v) is 5.28. The molecule has 10 heteroatoms. The number of methoxy groups -OCH3 is 1. The molecule has 2 rings (SSSR count). The molecular weight excluding hydrogens is 442 g/mol. The summed E-state index contributed by atoms with van der Waals surface area (Å²) in [6.45, 7) is 0. The summed E-state index contributed by atoms with van der Waals surface area (Å²) in [4.78, 5) is 60.4. The van der Waals surface area contributed by atoms with Crippen LogP contribution in [0.1, 0.15) is 38.3 Å². The number of Topliss-reactive ketones (excluding diaryl/α,β-unsaturated/α-hetero) is 2. The normalized spacial score (nSPS) is 13.3. The van der Waals surface area contributed by atoms with E-state index in [0.717, 1.165) is 0 Å². The van der Waals surface area contributed by atoms with Gasteiger partial charge < -0.3 is 26.6 Å². The van der Waals surface area contributed by atoms with Gasteiger partial charge in [-0.3, -0.25) is 24.0 Å². The Kier molecular flexibility index (Phi) is 9.60. The van der Waals surface area contributed by atoms with Gasteiger partial charge in [0.25, 0.3) is 0 Å². The Hall–Kier alpha value is -3.89. The molecular formula is C24H27N3O7. The maximum atomic E-state index is 13.3. The number of nitrogens with two attached hydrogens (primary N) is 2. The predicted molar refractivity (Wildman–Crippen MR) is 122 cm³/mol. The summed E-state index contributed by atoms with van der Waals surface area (Å²) in [7, 11) is 1.20. The van der Waals surface area contributed by atoms with Crippen LogP contribution in [0.3, 0.4) is 0 Å². The van der Waals surface area contributed by atoms with Crippen molar-refractivity contribution in [3.05, 3.63) is 70.8 Å². The molecule has 180 valence electrons. The maximum absolute atomic E-state index is 13.3. The fraction of sp³-hybridized carbons (Fsp3) is 0.292. The van der Waals surface area contributed by atoms with Gasteiger partial charge in [0, 0.05) is 17.5 Å². The monoisotopic (exact) mass is 469 g/mol. The number of carbonyl (C=O) groups is 5. The van der Waals surface area contributed by atoms with Gasteiger partial charge in [0.1, 0.15) is 12.1 Å². The molecule has 2 aromatic rings. The van der Waals surface area contributed by atoms with E-state index in [-0.39, 0.29) is 30.4 Å². The third-order valence-electron chi connectivity index (χ3n) is 5.28. The number of ether oxygens (including phenoxy) is 1. The summed E-state index contributed by atoms with van der Waals surface area (Å²) < 4.78 is 4.63. The third kappa shape index (κ3) is 6.80. The maximum Gasteiger partial charge on any atom is 0.322 e. The number of hydrogen-bond acceptors (Lipinski definition) is 8. The van der Waals surface area contributed by atoms with E-state index < -0.39 is 41.6 Å². The molecule has 34 heavy (non-hydrogen) atoms. The van der Waals surface area contributed by atoms with E-state index in [1.165, 1.54) is 19.2 Å². The van der Waals surface area contributed by atoms with Crippen LogP contribution >= 0.6 is 0 Å². The number of nitrogens with one attached hydrogen (secondary N) is 1. The fourth-order valence-electron chi connectivity index (χ4n) is 3.50. The molecule has 0 aliphatic rings. The van der Waals surface area contributed by atoms with Crippen molar-refractivity contribution in [3.63, 3.8) is 0 Å². The second kappa shape index (κ2) is 12.4. The highest BCUT2D eigenvalue weighted by atomic mass is 16.5. The molecule has 2 aromatic carbocycles. The van der Waals surface area contributed by atoms with Gasteiger partial charge in [0.2, 0.25) is 6.41 Å². The molecule has 0 bridgehead atoms. The summed E-state index contributed by atoms with van der Waals surface area (Å²) in [5.74, 6) is -2.85. The minimum absolute atomic E-state index is 0.0201. The summed E-state index contributed by atoms with van der Waals surface area (Å²) in [5.41, 5.74) is 12.7. The SMILES string of the molecule is COC(=O)C(N)Cc1ccccc1C(=O)C(CC(=O)c1ccccc1CC(N)C(=O)O)NC=O. The van der Waals surface area contributed by atoms with Gasteiger partial charge in [-0.05, 0) is 24.0 Å². The van der Waals surface area contributed by atoms with Crippen molar-refractivity contribution in [1.82, 2.24) is 5.32 Å². The van der Waals surface area contributed by atoms with Crippen LogP contribution in [0.2, 0.25) is 0 Å². The first-order chi connectivity index (χ1) is 16.2. The van der Waals surface area contributed by atoms with Crippen molar-refractivity contribution in [2.24, 2.45) is 11.5 Å². The smallest absolute Gasteiger partial charge is 0.322 e. The molecule has 0 saturated heterocycles. The molecule has 0 fully saturated rings. The second-order valence-corrected chi connectivity index (χ2v) is 7.63. The van der Waals surface area contributed by atoms with Gasteiger partial charge in [0.15, 0.2) is 11.6 Å². The van der Waals surface area contributed by atoms with Crippen molar-refractivity contribution in [3.8, 4) is 0 Å². The van der Waals surface area contributed by atoms with Crippen molar-refractivity contribution >= 4 is 29.9 Å².